The zero-order valence-electron chi connectivity index (χ0n) is 12.2. The summed E-state index contributed by atoms with van der Waals surface area (Å²) in [6.45, 7) is 3.10. The van der Waals surface area contributed by atoms with Crippen LogP contribution in [0.15, 0.2) is 24.3 Å². The van der Waals surface area contributed by atoms with E-state index in [0.29, 0.717) is 6.54 Å². The Bertz CT molecular complexity index is 595. The third kappa shape index (κ3) is 2.72. The Morgan fingerprint density at radius 1 is 1.38 bits per heavy atom. The number of likely N-dealkylation sites (tertiary alicyclic amines) is 1. The molecule has 110 valence electrons. The van der Waals surface area contributed by atoms with Crippen molar-refractivity contribution in [2.45, 2.75) is 25.0 Å². The molecule has 1 amide bonds. The highest BCUT2D eigenvalue weighted by molar-refractivity contribution is 5.70. The van der Waals surface area contributed by atoms with E-state index in [1.807, 2.05) is 24.3 Å². The number of benzene rings is 1. The van der Waals surface area contributed by atoms with Gasteiger partial charge in [-0.25, -0.2) is 4.79 Å². The van der Waals surface area contributed by atoms with Gasteiger partial charge in [0.15, 0.2) is 0 Å². The van der Waals surface area contributed by atoms with E-state index < -0.39 is 0 Å². The SMILES string of the molecule is CN1CC2(CCCN(Cc3ccccc3C#N)C2)OC1=O. The Morgan fingerprint density at radius 2 is 2.19 bits per heavy atom. The maximum atomic E-state index is 11.7. The van der Waals surface area contributed by atoms with Crippen LogP contribution in [0.1, 0.15) is 24.0 Å². The summed E-state index contributed by atoms with van der Waals surface area (Å²) in [7, 11) is 1.78. The maximum absolute atomic E-state index is 11.7. The summed E-state index contributed by atoms with van der Waals surface area (Å²) in [5, 5.41) is 9.18. The van der Waals surface area contributed by atoms with Gasteiger partial charge in [0, 0.05) is 20.1 Å². The second kappa shape index (κ2) is 5.38. The first-order chi connectivity index (χ1) is 10.1. The summed E-state index contributed by atoms with van der Waals surface area (Å²) in [5.41, 5.74) is 1.39. The van der Waals surface area contributed by atoms with Crippen LogP contribution in [-0.2, 0) is 11.3 Å². The fourth-order valence-corrected chi connectivity index (χ4v) is 3.34. The molecule has 2 saturated heterocycles. The first kappa shape index (κ1) is 13.9. The Kier molecular flexibility index (Phi) is 3.56. The molecule has 0 radical (unpaired) electrons. The molecule has 21 heavy (non-hydrogen) atoms. The molecule has 0 N–H and O–H groups in total. The topological polar surface area (TPSA) is 56.6 Å². The Labute approximate surface area is 124 Å². The third-order valence-electron chi connectivity index (χ3n) is 4.29. The fourth-order valence-electron chi connectivity index (χ4n) is 3.34. The van der Waals surface area contributed by atoms with Gasteiger partial charge in [0.05, 0.1) is 18.2 Å². The second-order valence-electron chi connectivity index (χ2n) is 5.99. The lowest BCUT2D eigenvalue weighted by Gasteiger charge is -2.38. The lowest BCUT2D eigenvalue weighted by Crippen LogP contribution is -2.50. The predicted molar refractivity (Wildman–Crippen MR) is 77.5 cm³/mol. The molecule has 0 aliphatic carbocycles. The molecule has 2 aliphatic rings. The van der Waals surface area contributed by atoms with Crippen LogP contribution in [0.5, 0.6) is 0 Å². The number of carbonyl (C=O) groups is 1. The molecular formula is C16H19N3O2. The molecule has 2 heterocycles. The van der Waals surface area contributed by atoms with Crippen molar-refractivity contribution in [2.75, 3.05) is 26.7 Å². The zero-order valence-corrected chi connectivity index (χ0v) is 12.2. The number of nitrogens with zero attached hydrogens (tertiary/aromatic N) is 3. The molecule has 1 aromatic carbocycles. The van der Waals surface area contributed by atoms with Crippen LogP contribution < -0.4 is 0 Å². The van der Waals surface area contributed by atoms with E-state index in [9.17, 15) is 10.1 Å². The van der Waals surface area contributed by atoms with E-state index in [1.54, 1.807) is 11.9 Å². The van der Waals surface area contributed by atoms with Gasteiger partial charge in [-0.3, -0.25) is 4.90 Å². The summed E-state index contributed by atoms with van der Waals surface area (Å²) in [6.07, 6.45) is 1.70. The minimum Gasteiger partial charge on any atom is -0.440 e. The summed E-state index contributed by atoms with van der Waals surface area (Å²) in [6, 6.07) is 9.92. The molecule has 1 aromatic rings. The smallest absolute Gasteiger partial charge is 0.410 e. The van der Waals surface area contributed by atoms with Crippen LogP contribution in [0.3, 0.4) is 0 Å². The monoisotopic (exact) mass is 285 g/mol. The van der Waals surface area contributed by atoms with Gasteiger partial charge in [-0.15, -0.1) is 0 Å². The highest BCUT2D eigenvalue weighted by atomic mass is 16.6. The van der Waals surface area contributed by atoms with Gasteiger partial charge in [-0.05, 0) is 31.0 Å². The first-order valence-electron chi connectivity index (χ1n) is 7.26. The number of hydrogen-bond donors (Lipinski definition) is 0. The standard InChI is InChI=1S/C16H19N3O2/c1-18-11-16(21-15(18)20)7-4-8-19(12-16)10-14-6-3-2-5-13(14)9-17/h2-3,5-6H,4,7-8,10-12H2,1H3. The lowest BCUT2D eigenvalue weighted by molar-refractivity contribution is -0.0113. The number of likely N-dealkylation sites (N-methyl/N-ethyl adjacent to an activating group) is 1. The van der Waals surface area contributed by atoms with E-state index in [0.717, 1.165) is 43.6 Å². The van der Waals surface area contributed by atoms with Crippen molar-refractivity contribution < 1.29 is 9.53 Å². The van der Waals surface area contributed by atoms with E-state index >= 15 is 0 Å². The molecule has 1 spiro atoms. The normalized spacial score (nSPS) is 25.9. The Balaban J connectivity index is 1.73. The number of hydrogen-bond acceptors (Lipinski definition) is 4. The average Bonchev–Trinajstić information content (AvgIpc) is 2.73. The van der Waals surface area contributed by atoms with Gasteiger partial charge in [-0.2, -0.15) is 5.26 Å². The second-order valence-corrected chi connectivity index (χ2v) is 5.99. The molecule has 1 unspecified atom stereocenters. The molecule has 5 heteroatoms. The largest absolute Gasteiger partial charge is 0.440 e. The van der Waals surface area contributed by atoms with E-state index in [4.69, 9.17) is 4.74 Å². The van der Waals surface area contributed by atoms with Gasteiger partial charge in [0.2, 0.25) is 0 Å². The molecular weight excluding hydrogens is 266 g/mol. The van der Waals surface area contributed by atoms with Gasteiger partial charge in [-0.1, -0.05) is 18.2 Å². The number of nitriles is 1. The van der Waals surface area contributed by atoms with Gasteiger partial charge in [0.25, 0.3) is 0 Å². The maximum Gasteiger partial charge on any atom is 0.410 e. The van der Waals surface area contributed by atoms with Crippen molar-refractivity contribution >= 4 is 6.09 Å². The van der Waals surface area contributed by atoms with Gasteiger partial charge in [0.1, 0.15) is 5.60 Å². The van der Waals surface area contributed by atoms with Crippen LogP contribution in [-0.4, -0.2) is 48.2 Å². The van der Waals surface area contributed by atoms with Crippen molar-refractivity contribution in [1.29, 1.82) is 5.26 Å². The summed E-state index contributed by atoms with van der Waals surface area (Å²) >= 11 is 0. The minimum atomic E-state index is -0.369. The van der Waals surface area contributed by atoms with E-state index in [1.165, 1.54) is 0 Å². The quantitative estimate of drug-likeness (QED) is 0.833. The highest BCUT2D eigenvalue weighted by Gasteiger charge is 2.46. The molecule has 2 fully saturated rings. The summed E-state index contributed by atoms with van der Waals surface area (Å²) in [5.74, 6) is 0. The molecule has 3 rings (SSSR count). The van der Waals surface area contributed by atoms with Crippen molar-refractivity contribution in [3.8, 4) is 6.07 Å². The molecule has 0 bridgehead atoms. The number of amides is 1. The molecule has 0 aromatic heterocycles. The zero-order chi connectivity index (χ0) is 14.9. The molecule has 0 saturated carbocycles. The highest BCUT2D eigenvalue weighted by Crippen LogP contribution is 2.32. The van der Waals surface area contributed by atoms with Crippen molar-refractivity contribution in [1.82, 2.24) is 9.80 Å². The predicted octanol–water partition coefficient (Wildman–Crippen LogP) is 1.97. The van der Waals surface area contributed by atoms with E-state index in [-0.39, 0.29) is 11.7 Å². The van der Waals surface area contributed by atoms with Crippen LogP contribution in [0.4, 0.5) is 4.79 Å². The number of carbonyl (C=O) groups excluding carboxylic acids is 1. The lowest BCUT2D eigenvalue weighted by atomic mass is 9.92. The third-order valence-corrected chi connectivity index (χ3v) is 4.29. The van der Waals surface area contributed by atoms with Crippen LogP contribution in [0.25, 0.3) is 0 Å². The molecule has 1 atom stereocenters. The van der Waals surface area contributed by atoms with Crippen molar-refractivity contribution in [3.05, 3.63) is 35.4 Å². The fraction of sp³-hybridized carbons (Fsp3) is 0.500. The molecule has 5 nitrogen and oxygen atoms in total. The molecule has 2 aliphatic heterocycles. The minimum absolute atomic E-state index is 0.228. The number of piperidine rings is 1. The van der Waals surface area contributed by atoms with Crippen molar-refractivity contribution in [3.63, 3.8) is 0 Å². The first-order valence-corrected chi connectivity index (χ1v) is 7.26. The van der Waals surface area contributed by atoms with Crippen molar-refractivity contribution in [2.24, 2.45) is 0 Å². The summed E-state index contributed by atoms with van der Waals surface area (Å²) in [4.78, 5) is 15.6. The van der Waals surface area contributed by atoms with Crippen LogP contribution in [0.2, 0.25) is 0 Å². The van der Waals surface area contributed by atoms with Gasteiger partial charge >= 0.3 is 6.09 Å². The number of rotatable bonds is 2. The number of ether oxygens (including phenoxy) is 1. The Hall–Kier alpha value is -2.06. The Morgan fingerprint density at radius 3 is 2.90 bits per heavy atom. The van der Waals surface area contributed by atoms with Crippen LogP contribution in [0, 0.1) is 11.3 Å². The average molecular weight is 285 g/mol. The summed E-state index contributed by atoms with van der Waals surface area (Å²) < 4.78 is 5.61. The van der Waals surface area contributed by atoms with Crippen LogP contribution >= 0.6 is 0 Å². The van der Waals surface area contributed by atoms with Gasteiger partial charge < -0.3 is 9.64 Å². The van der Waals surface area contributed by atoms with E-state index in [2.05, 4.69) is 11.0 Å².